The number of ether oxygens (including phenoxy) is 1. The van der Waals surface area contributed by atoms with E-state index in [-0.39, 0.29) is 17.6 Å². The molecule has 16 heavy (non-hydrogen) atoms. The third-order valence-corrected chi connectivity index (χ3v) is 3.91. The zero-order chi connectivity index (χ0) is 11.6. The molecule has 3 atom stereocenters. The Bertz CT molecular complexity index is 264. The van der Waals surface area contributed by atoms with Gasteiger partial charge in [-0.1, -0.05) is 0 Å². The van der Waals surface area contributed by atoms with Crippen LogP contribution in [0.5, 0.6) is 0 Å². The average molecular weight is 226 g/mol. The van der Waals surface area contributed by atoms with Crippen LogP contribution in [0.4, 0.5) is 0 Å². The summed E-state index contributed by atoms with van der Waals surface area (Å²) in [6, 6.07) is 0.376. The molecule has 2 aliphatic heterocycles. The number of carbonyl (C=O) groups is 1. The molecule has 4 nitrogen and oxygen atoms in total. The molecule has 0 bridgehead atoms. The van der Waals surface area contributed by atoms with Crippen LogP contribution in [-0.4, -0.2) is 36.7 Å². The first-order chi connectivity index (χ1) is 7.60. The van der Waals surface area contributed by atoms with E-state index in [0.717, 1.165) is 26.0 Å². The van der Waals surface area contributed by atoms with Gasteiger partial charge in [-0.15, -0.1) is 0 Å². The van der Waals surface area contributed by atoms with Crippen molar-refractivity contribution in [2.75, 3.05) is 13.2 Å². The third kappa shape index (κ3) is 2.55. The van der Waals surface area contributed by atoms with Crippen LogP contribution in [0.15, 0.2) is 0 Å². The lowest BCUT2D eigenvalue weighted by molar-refractivity contribution is -0.123. The first kappa shape index (κ1) is 11.9. The van der Waals surface area contributed by atoms with Crippen molar-refractivity contribution < 1.29 is 9.53 Å². The second-order valence-electron chi connectivity index (χ2n) is 5.23. The highest BCUT2D eigenvalue weighted by Gasteiger charge is 2.38. The third-order valence-electron chi connectivity index (χ3n) is 3.91. The van der Waals surface area contributed by atoms with Gasteiger partial charge in [0, 0.05) is 19.1 Å². The Kier molecular flexibility index (Phi) is 3.50. The van der Waals surface area contributed by atoms with Crippen molar-refractivity contribution in [3.8, 4) is 0 Å². The first-order valence-corrected chi connectivity index (χ1v) is 6.26. The lowest BCUT2D eigenvalue weighted by Gasteiger charge is -2.29. The lowest BCUT2D eigenvalue weighted by atomic mass is 9.94. The fraction of sp³-hybridized carbons (Fsp3) is 0.917. The van der Waals surface area contributed by atoms with Crippen molar-refractivity contribution in [2.45, 2.75) is 57.2 Å². The maximum absolute atomic E-state index is 11.9. The Morgan fingerprint density at radius 2 is 2.44 bits per heavy atom. The van der Waals surface area contributed by atoms with Gasteiger partial charge in [0.05, 0.1) is 11.6 Å². The Morgan fingerprint density at radius 3 is 3.00 bits per heavy atom. The van der Waals surface area contributed by atoms with E-state index in [1.165, 1.54) is 6.42 Å². The maximum atomic E-state index is 11.9. The molecular weight excluding hydrogens is 204 g/mol. The van der Waals surface area contributed by atoms with Crippen molar-refractivity contribution in [3.63, 3.8) is 0 Å². The van der Waals surface area contributed by atoms with Crippen LogP contribution in [0.3, 0.4) is 0 Å². The Hall–Kier alpha value is -0.610. The normalized spacial score (nSPS) is 38.9. The van der Waals surface area contributed by atoms with Crippen molar-refractivity contribution in [1.82, 2.24) is 10.6 Å². The smallest absolute Gasteiger partial charge is 0.222 e. The van der Waals surface area contributed by atoms with Gasteiger partial charge in [-0.25, -0.2) is 0 Å². The number of hydrogen-bond donors (Lipinski definition) is 2. The van der Waals surface area contributed by atoms with E-state index >= 15 is 0 Å². The Balaban J connectivity index is 1.81. The quantitative estimate of drug-likeness (QED) is 0.749. The first-order valence-electron chi connectivity index (χ1n) is 6.26. The summed E-state index contributed by atoms with van der Waals surface area (Å²) >= 11 is 0. The SMILES string of the molecule is CC1OCCC1(C)NC(=O)CC1CCCN1. The summed E-state index contributed by atoms with van der Waals surface area (Å²) in [6.45, 7) is 5.90. The molecule has 0 aromatic rings. The molecule has 2 saturated heterocycles. The molecule has 0 radical (unpaired) electrons. The molecule has 0 aliphatic carbocycles. The van der Waals surface area contributed by atoms with Crippen molar-refractivity contribution in [3.05, 3.63) is 0 Å². The van der Waals surface area contributed by atoms with Gasteiger partial charge in [-0.2, -0.15) is 0 Å². The van der Waals surface area contributed by atoms with E-state index in [9.17, 15) is 4.79 Å². The molecular formula is C12H22N2O2. The lowest BCUT2D eigenvalue weighted by Crippen LogP contribution is -2.51. The van der Waals surface area contributed by atoms with Gasteiger partial charge in [0.1, 0.15) is 0 Å². The second kappa shape index (κ2) is 4.72. The largest absolute Gasteiger partial charge is 0.376 e. The zero-order valence-electron chi connectivity index (χ0n) is 10.2. The molecule has 2 fully saturated rings. The van der Waals surface area contributed by atoms with Crippen LogP contribution in [0.2, 0.25) is 0 Å². The number of nitrogens with one attached hydrogen (secondary N) is 2. The topological polar surface area (TPSA) is 50.4 Å². The van der Waals surface area contributed by atoms with Crippen LogP contribution >= 0.6 is 0 Å². The summed E-state index contributed by atoms with van der Waals surface area (Å²) < 4.78 is 5.51. The second-order valence-corrected chi connectivity index (χ2v) is 5.23. The fourth-order valence-corrected chi connectivity index (χ4v) is 2.52. The van der Waals surface area contributed by atoms with Crippen LogP contribution in [0.1, 0.15) is 39.5 Å². The van der Waals surface area contributed by atoms with Gasteiger partial charge >= 0.3 is 0 Å². The van der Waals surface area contributed by atoms with Gasteiger partial charge in [-0.3, -0.25) is 4.79 Å². The standard InChI is InChI=1S/C12H22N2O2/c1-9-12(2,5-7-16-9)14-11(15)8-10-4-3-6-13-10/h9-10,13H,3-8H2,1-2H3,(H,14,15). The van der Waals surface area contributed by atoms with E-state index in [1.807, 2.05) is 6.92 Å². The molecule has 2 rings (SSSR count). The summed E-state index contributed by atoms with van der Waals surface area (Å²) in [5.41, 5.74) is -0.171. The van der Waals surface area contributed by atoms with E-state index in [0.29, 0.717) is 12.5 Å². The minimum Gasteiger partial charge on any atom is -0.376 e. The average Bonchev–Trinajstić information content (AvgIpc) is 2.79. The molecule has 0 spiro atoms. The minimum absolute atomic E-state index is 0.119. The maximum Gasteiger partial charge on any atom is 0.222 e. The molecule has 3 unspecified atom stereocenters. The Morgan fingerprint density at radius 1 is 1.62 bits per heavy atom. The molecule has 4 heteroatoms. The van der Waals surface area contributed by atoms with E-state index in [4.69, 9.17) is 4.74 Å². The molecule has 0 aromatic carbocycles. The highest BCUT2D eigenvalue weighted by atomic mass is 16.5. The summed E-state index contributed by atoms with van der Waals surface area (Å²) in [5, 5.41) is 6.47. The Labute approximate surface area is 97.1 Å². The van der Waals surface area contributed by atoms with Crippen molar-refractivity contribution >= 4 is 5.91 Å². The van der Waals surface area contributed by atoms with E-state index in [2.05, 4.69) is 17.6 Å². The van der Waals surface area contributed by atoms with Crippen LogP contribution < -0.4 is 10.6 Å². The number of carbonyl (C=O) groups excluding carboxylic acids is 1. The predicted molar refractivity (Wildman–Crippen MR) is 62.2 cm³/mol. The minimum atomic E-state index is -0.171. The monoisotopic (exact) mass is 226 g/mol. The van der Waals surface area contributed by atoms with Crippen molar-refractivity contribution in [1.29, 1.82) is 0 Å². The summed E-state index contributed by atoms with van der Waals surface area (Å²) in [4.78, 5) is 11.9. The predicted octanol–water partition coefficient (Wildman–Crippen LogP) is 0.812. The summed E-state index contributed by atoms with van der Waals surface area (Å²) in [6.07, 6.45) is 3.94. The molecule has 2 N–H and O–H groups in total. The molecule has 1 amide bonds. The van der Waals surface area contributed by atoms with Gasteiger partial charge in [0.25, 0.3) is 0 Å². The number of rotatable bonds is 3. The van der Waals surface area contributed by atoms with Gasteiger partial charge < -0.3 is 15.4 Å². The molecule has 0 saturated carbocycles. The molecule has 2 aliphatic rings. The number of amides is 1. The van der Waals surface area contributed by atoms with Gasteiger partial charge in [-0.05, 0) is 39.7 Å². The molecule has 2 heterocycles. The fourth-order valence-electron chi connectivity index (χ4n) is 2.52. The zero-order valence-corrected chi connectivity index (χ0v) is 10.2. The number of hydrogen-bond acceptors (Lipinski definition) is 3. The highest BCUT2D eigenvalue weighted by molar-refractivity contribution is 5.77. The van der Waals surface area contributed by atoms with E-state index in [1.54, 1.807) is 0 Å². The van der Waals surface area contributed by atoms with Crippen molar-refractivity contribution in [2.24, 2.45) is 0 Å². The van der Waals surface area contributed by atoms with Gasteiger partial charge in [0.15, 0.2) is 0 Å². The summed E-state index contributed by atoms with van der Waals surface area (Å²) in [5.74, 6) is 0.152. The summed E-state index contributed by atoms with van der Waals surface area (Å²) in [7, 11) is 0. The van der Waals surface area contributed by atoms with E-state index < -0.39 is 0 Å². The highest BCUT2D eigenvalue weighted by Crippen LogP contribution is 2.25. The van der Waals surface area contributed by atoms with Crippen LogP contribution in [0.25, 0.3) is 0 Å². The molecule has 92 valence electrons. The van der Waals surface area contributed by atoms with Gasteiger partial charge in [0.2, 0.25) is 5.91 Å². The van der Waals surface area contributed by atoms with Crippen LogP contribution in [0, 0.1) is 0 Å². The molecule has 0 aromatic heterocycles. The van der Waals surface area contributed by atoms with Crippen LogP contribution in [-0.2, 0) is 9.53 Å².